The van der Waals surface area contributed by atoms with Gasteiger partial charge in [-0.15, -0.1) is 0 Å². The Balaban J connectivity index is 1.85. The Kier molecular flexibility index (Phi) is 1.98. The number of hydrogen-bond donors (Lipinski definition) is 0. The van der Waals surface area contributed by atoms with Gasteiger partial charge in [0.1, 0.15) is 0 Å². The van der Waals surface area contributed by atoms with Gasteiger partial charge in [0.2, 0.25) is 0 Å². The predicted octanol–water partition coefficient (Wildman–Crippen LogP) is 1.95. The molecule has 1 saturated carbocycles. The molecule has 0 aliphatic heterocycles. The third kappa shape index (κ3) is 1.82. The Morgan fingerprint density at radius 3 is 2.77 bits per heavy atom. The molecule has 0 saturated heterocycles. The summed E-state index contributed by atoms with van der Waals surface area (Å²) in [5, 5.41) is 3.65. The van der Waals surface area contributed by atoms with Gasteiger partial charge in [0.25, 0.3) is 0 Å². The second-order valence-corrected chi connectivity index (χ2v) is 4.06. The lowest BCUT2D eigenvalue weighted by Gasteiger charge is -2.37. The van der Waals surface area contributed by atoms with Gasteiger partial charge in [-0.05, 0) is 19.8 Å². The van der Waals surface area contributed by atoms with Gasteiger partial charge in [0, 0.05) is 5.41 Å². The van der Waals surface area contributed by atoms with Crippen LogP contribution in [-0.2, 0) is 0 Å². The topological polar surface area (TPSA) is 48.2 Å². The zero-order valence-corrected chi connectivity index (χ0v) is 8.04. The monoisotopic (exact) mass is 182 g/mol. The second kappa shape index (κ2) is 3.01. The van der Waals surface area contributed by atoms with Crippen molar-refractivity contribution in [2.24, 2.45) is 5.41 Å². The minimum atomic E-state index is 0.297. The molecule has 1 aliphatic carbocycles. The molecule has 4 nitrogen and oxygen atoms in total. The molecule has 0 unspecified atom stereocenters. The first-order chi connectivity index (χ1) is 6.18. The first-order valence-electron chi connectivity index (χ1n) is 4.61. The van der Waals surface area contributed by atoms with Crippen LogP contribution >= 0.6 is 0 Å². The molecule has 2 rings (SSSR count). The molecule has 0 amide bonds. The zero-order chi connectivity index (χ0) is 9.31. The van der Waals surface area contributed by atoms with Crippen molar-refractivity contribution >= 4 is 0 Å². The summed E-state index contributed by atoms with van der Waals surface area (Å²) in [6.07, 6.45) is 4.08. The molecular formula is C9H14N2O2. The molecule has 1 aromatic heterocycles. The molecule has 1 heterocycles. The van der Waals surface area contributed by atoms with E-state index in [-0.39, 0.29) is 0 Å². The number of aryl methyl sites for hydroxylation is 1. The average molecular weight is 182 g/mol. The van der Waals surface area contributed by atoms with Crippen molar-refractivity contribution in [2.45, 2.75) is 33.1 Å². The van der Waals surface area contributed by atoms with E-state index in [0.29, 0.717) is 23.9 Å². The van der Waals surface area contributed by atoms with E-state index in [4.69, 9.17) is 9.26 Å². The molecule has 4 heteroatoms. The van der Waals surface area contributed by atoms with Crippen LogP contribution in [-0.4, -0.2) is 16.7 Å². The Hall–Kier alpha value is -1.06. The highest BCUT2D eigenvalue weighted by Crippen LogP contribution is 2.40. The van der Waals surface area contributed by atoms with E-state index < -0.39 is 0 Å². The van der Waals surface area contributed by atoms with Crippen LogP contribution in [0.15, 0.2) is 4.52 Å². The van der Waals surface area contributed by atoms with E-state index in [1.807, 2.05) is 0 Å². The third-order valence-corrected chi connectivity index (χ3v) is 2.61. The summed E-state index contributed by atoms with van der Waals surface area (Å²) in [5.41, 5.74) is 0.336. The number of aromatic nitrogens is 2. The van der Waals surface area contributed by atoms with Crippen LogP contribution in [0, 0.1) is 12.3 Å². The number of hydrogen-bond acceptors (Lipinski definition) is 4. The first-order valence-corrected chi connectivity index (χ1v) is 4.61. The average Bonchev–Trinajstić information content (AvgIpc) is 2.44. The van der Waals surface area contributed by atoms with Crippen LogP contribution in [0.25, 0.3) is 0 Å². The van der Waals surface area contributed by atoms with Crippen LogP contribution in [0.5, 0.6) is 6.08 Å². The minimum Gasteiger partial charge on any atom is -0.448 e. The van der Waals surface area contributed by atoms with Crippen molar-refractivity contribution in [2.75, 3.05) is 6.61 Å². The summed E-state index contributed by atoms with van der Waals surface area (Å²) in [6.45, 7) is 4.69. The predicted molar refractivity (Wildman–Crippen MR) is 46.5 cm³/mol. The molecule has 1 fully saturated rings. The molecule has 0 radical (unpaired) electrons. The fraction of sp³-hybridized carbons (Fsp3) is 0.778. The van der Waals surface area contributed by atoms with Crippen LogP contribution in [0.3, 0.4) is 0 Å². The molecule has 1 aromatic rings. The second-order valence-electron chi connectivity index (χ2n) is 4.06. The Bertz CT molecular complexity index is 292. The van der Waals surface area contributed by atoms with Gasteiger partial charge in [-0.2, -0.15) is 4.98 Å². The van der Waals surface area contributed by atoms with Crippen molar-refractivity contribution in [3.63, 3.8) is 0 Å². The zero-order valence-electron chi connectivity index (χ0n) is 8.04. The molecule has 13 heavy (non-hydrogen) atoms. The molecule has 72 valence electrons. The number of nitrogens with zero attached hydrogens (tertiary/aromatic N) is 2. The van der Waals surface area contributed by atoms with E-state index >= 15 is 0 Å². The highest BCUT2D eigenvalue weighted by molar-refractivity contribution is 4.90. The molecule has 0 N–H and O–H groups in total. The van der Waals surface area contributed by atoms with Crippen molar-refractivity contribution in [1.82, 2.24) is 10.1 Å². The molecule has 1 aliphatic rings. The van der Waals surface area contributed by atoms with E-state index in [9.17, 15) is 0 Å². The SMILES string of the molecule is Cc1noc(OCC2(C)CCC2)n1. The lowest BCUT2D eigenvalue weighted by molar-refractivity contribution is 0.0552. The molecule has 0 bridgehead atoms. The maximum absolute atomic E-state index is 5.39. The Morgan fingerprint density at radius 2 is 2.31 bits per heavy atom. The van der Waals surface area contributed by atoms with Crippen LogP contribution < -0.4 is 4.74 Å². The molecule has 0 spiro atoms. The molecule has 0 atom stereocenters. The van der Waals surface area contributed by atoms with Gasteiger partial charge in [0.05, 0.1) is 6.61 Å². The molecular weight excluding hydrogens is 168 g/mol. The van der Waals surface area contributed by atoms with Crippen LogP contribution in [0.4, 0.5) is 0 Å². The minimum absolute atomic E-state index is 0.297. The number of ether oxygens (including phenoxy) is 1. The van der Waals surface area contributed by atoms with Crippen molar-refractivity contribution < 1.29 is 9.26 Å². The highest BCUT2D eigenvalue weighted by atomic mass is 16.6. The first kappa shape index (κ1) is 8.53. The van der Waals surface area contributed by atoms with Crippen LogP contribution in [0.2, 0.25) is 0 Å². The van der Waals surface area contributed by atoms with Crippen molar-refractivity contribution in [3.8, 4) is 6.08 Å². The van der Waals surface area contributed by atoms with E-state index in [2.05, 4.69) is 17.1 Å². The normalized spacial score (nSPS) is 19.5. The summed E-state index contributed by atoms with van der Waals surface area (Å²) in [4.78, 5) is 3.97. The molecule has 0 aromatic carbocycles. The van der Waals surface area contributed by atoms with Crippen molar-refractivity contribution in [3.05, 3.63) is 5.82 Å². The number of rotatable bonds is 3. The summed E-state index contributed by atoms with van der Waals surface area (Å²) >= 11 is 0. The van der Waals surface area contributed by atoms with Gasteiger partial charge in [-0.25, -0.2) is 0 Å². The lowest BCUT2D eigenvalue weighted by Crippen LogP contribution is -2.32. The van der Waals surface area contributed by atoms with Gasteiger partial charge < -0.3 is 4.74 Å². The Labute approximate surface area is 77.3 Å². The fourth-order valence-corrected chi connectivity index (χ4v) is 1.50. The summed E-state index contributed by atoms with van der Waals surface area (Å²) < 4.78 is 10.2. The lowest BCUT2D eigenvalue weighted by atomic mass is 9.71. The quantitative estimate of drug-likeness (QED) is 0.716. The Morgan fingerprint density at radius 1 is 1.54 bits per heavy atom. The highest BCUT2D eigenvalue weighted by Gasteiger charge is 2.33. The maximum atomic E-state index is 5.39. The summed E-state index contributed by atoms with van der Waals surface area (Å²) in [7, 11) is 0. The summed E-state index contributed by atoms with van der Waals surface area (Å²) in [6, 6.07) is 0. The van der Waals surface area contributed by atoms with Crippen LogP contribution in [0.1, 0.15) is 32.0 Å². The third-order valence-electron chi connectivity index (χ3n) is 2.61. The summed E-state index contributed by atoms with van der Waals surface area (Å²) in [5.74, 6) is 0.619. The van der Waals surface area contributed by atoms with E-state index in [0.717, 1.165) is 0 Å². The largest absolute Gasteiger partial charge is 0.448 e. The fourth-order valence-electron chi connectivity index (χ4n) is 1.50. The van der Waals surface area contributed by atoms with Crippen molar-refractivity contribution in [1.29, 1.82) is 0 Å². The smallest absolute Gasteiger partial charge is 0.417 e. The standard InChI is InChI=1S/C9H14N2O2/c1-7-10-8(13-11-7)12-6-9(2)4-3-5-9/h3-6H2,1-2H3. The maximum Gasteiger partial charge on any atom is 0.417 e. The van der Waals surface area contributed by atoms with Gasteiger partial charge in [-0.1, -0.05) is 18.5 Å². The van der Waals surface area contributed by atoms with Gasteiger partial charge in [-0.3, -0.25) is 4.52 Å². The van der Waals surface area contributed by atoms with E-state index in [1.165, 1.54) is 19.3 Å². The van der Waals surface area contributed by atoms with E-state index in [1.54, 1.807) is 6.92 Å². The van der Waals surface area contributed by atoms with Gasteiger partial charge >= 0.3 is 6.08 Å². The van der Waals surface area contributed by atoms with Gasteiger partial charge in [0.15, 0.2) is 5.82 Å².